The second-order valence-electron chi connectivity index (χ2n) is 8.15. The Morgan fingerprint density at radius 3 is 2.71 bits per heavy atom. The van der Waals surface area contributed by atoms with Crippen molar-refractivity contribution in [2.75, 3.05) is 39.3 Å². The second-order valence-corrected chi connectivity index (χ2v) is 8.15. The summed E-state index contributed by atoms with van der Waals surface area (Å²) in [4.78, 5) is 25.2. The molecule has 1 fully saturated rings. The number of H-pyrrole nitrogens is 1. The Morgan fingerprint density at radius 1 is 1.23 bits per heavy atom. The lowest BCUT2D eigenvalue weighted by Gasteiger charge is -2.38. The summed E-state index contributed by atoms with van der Waals surface area (Å²) in [5.74, 6) is 1.73. The van der Waals surface area contributed by atoms with Crippen molar-refractivity contribution < 1.29 is 9.47 Å². The standard InChI is InChI=1S/C24H30N4O3/c1-16-21-19(13-20(30-3)22(16)31-4)25-24(26-23(21)29)27(2)18-11-8-12-28(15-18)14-17-9-6-5-7-10-17/h5-7,9-10,13,18H,8,11-12,14-15H2,1-4H3,(H,25,26,29). The molecule has 0 spiro atoms. The fourth-order valence-electron chi connectivity index (χ4n) is 4.52. The Hall–Kier alpha value is -3.06. The molecule has 1 aromatic heterocycles. The molecule has 1 unspecified atom stereocenters. The van der Waals surface area contributed by atoms with Gasteiger partial charge in [0.05, 0.1) is 25.1 Å². The lowest BCUT2D eigenvalue weighted by atomic mass is 10.0. The molecule has 0 radical (unpaired) electrons. The summed E-state index contributed by atoms with van der Waals surface area (Å²) < 4.78 is 10.9. The van der Waals surface area contributed by atoms with Crippen LogP contribution in [-0.2, 0) is 6.54 Å². The number of ether oxygens (including phenoxy) is 2. The Bertz CT molecular complexity index is 1110. The van der Waals surface area contributed by atoms with E-state index in [4.69, 9.17) is 9.47 Å². The lowest BCUT2D eigenvalue weighted by molar-refractivity contribution is 0.198. The number of hydrogen-bond donors (Lipinski definition) is 1. The number of aryl methyl sites for hydroxylation is 1. The van der Waals surface area contributed by atoms with E-state index in [1.807, 2.05) is 26.1 Å². The number of aromatic nitrogens is 2. The summed E-state index contributed by atoms with van der Waals surface area (Å²) >= 11 is 0. The number of nitrogens with zero attached hydrogens (tertiary/aromatic N) is 3. The number of likely N-dealkylation sites (N-methyl/N-ethyl adjacent to an activating group) is 1. The highest BCUT2D eigenvalue weighted by Gasteiger charge is 2.25. The molecule has 1 saturated heterocycles. The van der Waals surface area contributed by atoms with Crippen molar-refractivity contribution in [3.8, 4) is 11.5 Å². The van der Waals surface area contributed by atoms with E-state index in [1.165, 1.54) is 5.56 Å². The summed E-state index contributed by atoms with van der Waals surface area (Å²) in [6.07, 6.45) is 2.18. The number of anilines is 1. The van der Waals surface area contributed by atoms with Crippen LogP contribution in [0.1, 0.15) is 24.0 Å². The van der Waals surface area contributed by atoms with Crippen LogP contribution in [0.3, 0.4) is 0 Å². The van der Waals surface area contributed by atoms with Gasteiger partial charge in [-0.1, -0.05) is 30.3 Å². The third-order valence-electron chi connectivity index (χ3n) is 6.19. The molecule has 0 bridgehead atoms. The highest BCUT2D eigenvalue weighted by atomic mass is 16.5. The Kier molecular flexibility index (Phi) is 6.13. The minimum atomic E-state index is -0.258. The summed E-state index contributed by atoms with van der Waals surface area (Å²) in [5, 5.41) is 0.532. The van der Waals surface area contributed by atoms with Crippen molar-refractivity contribution in [3.05, 3.63) is 57.9 Å². The largest absolute Gasteiger partial charge is 0.493 e. The van der Waals surface area contributed by atoms with Crippen LogP contribution in [0.25, 0.3) is 10.9 Å². The molecule has 3 aromatic rings. The Morgan fingerprint density at radius 2 is 2.00 bits per heavy atom. The van der Waals surface area contributed by atoms with Gasteiger partial charge in [0.15, 0.2) is 11.5 Å². The van der Waals surface area contributed by atoms with Crippen molar-refractivity contribution in [2.45, 2.75) is 32.4 Å². The number of fused-ring (bicyclic) bond motifs is 1. The molecular formula is C24H30N4O3. The number of piperidine rings is 1. The first kappa shape index (κ1) is 21.2. The molecule has 1 atom stereocenters. The van der Waals surface area contributed by atoms with Gasteiger partial charge in [-0.3, -0.25) is 9.69 Å². The van der Waals surface area contributed by atoms with Gasteiger partial charge >= 0.3 is 0 Å². The monoisotopic (exact) mass is 422 g/mol. The first-order chi connectivity index (χ1) is 15.0. The number of likely N-dealkylation sites (tertiary alicyclic amines) is 1. The smallest absolute Gasteiger partial charge is 0.282 e. The number of benzene rings is 2. The summed E-state index contributed by atoms with van der Waals surface area (Å²) in [7, 11) is 5.18. The fourth-order valence-corrected chi connectivity index (χ4v) is 4.52. The van der Waals surface area contributed by atoms with Gasteiger partial charge in [-0.2, -0.15) is 4.98 Å². The predicted octanol–water partition coefficient (Wildman–Crippen LogP) is 3.35. The van der Waals surface area contributed by atoms with E-state index >= 15 is 0 Å². The summed E-state index contributed by atoms with van der Waals surface area (Å²) in [5.41, 5.74) is 2.49. The average Bonchev–Trinajstić information content (AvgIpc) is 2.78. The molecule has 31 heavy (non-hydrogen) atoms. The van der Waals surface area contributed by atoms with Gasteiger partial charge in [0, 0.05) is 37.8 Å². The Labute approximate surface area is 182 Å². The average molecular weight is 423 g/mol. The van der Waals surface area contributed by atoms with Crippen LogP contribution in [0.2, 0.25) is 0 Å². The molecule has 1 aliphatic heterocycles. The maximum absolute atomic E-state index is 12.9. The molecule has 2 aromatic carbocycles. The van der Waals surface area contributed by atoms with Gasteiger partial charge in [0.2, 0.25) is 5.95 Å². The first-order valence-corrected chi connectivity index (χ1v) is 10.7. The lowest BCUT2D eigenvalue weighted by Crippen LogP contribution is -2.47. The minimum Gasteiger partial charge on any atom is -0.493 e. The van der Waals surface area contributed by atoms with E-state index in [-0.39, 0.29) is 11.6 Å². The van der Waals surface area contributed by atoms with E-state index in [9.17, 15) is 4.79 Å². The minimum absolute atomic E-state index is 0.258. The van der Waals surface area contributed by atoms with E-state index in [0.717, 1.165) is 38.0 Å². The third-order valence-corrected chi connectivity index (χ3v) is 6.19. The van der Waals surface area contributed by atoms with Gasteiger partial charge in [0.1, 0.15) is 0 Å². The van der Waals surface area contributed by atoms with Crippen LogP contribution in [0.15, 0.2) is 41.2 Å². The highest BCUT2D eigenvalue weighted by molar-refractivity contribution is 5.86. The highest BCUT2D eigenvalue weighted by Crippen LogP contribution is 2.35. The number of rotatable bonds is 6. The van der Waals surface area contributed by atoms with Crippen molar-refractivity contribution in [2.24, 2.45) is 0 Å². The molecule has 7 heteroatoms. The molecule has 1 aliphatic rings. The van der Waals surface area contributed by atoms with Gasteiger partial charge in [-0.15, -0.1) is 0 Å². The zero-order chi connectivity index (χ0) is 22.0. The zero-order valence-electron chi connectivity index (χ0n) is 18.6. The van der Waals surface area contributed by atoms with Crippen molar-refractivity contribution in [1.82, 2.24) is 14.9 Å². The first-order valence-electron chi connectivity index (χ1n) is 10.7. The van der Waals surface area contributed by atoms with Crippen molar-refractivity contribution in [1.29, 1.82) is 0 Å². The number of nitrogens with one attached hydrogen (secondary N) is 1. The number of hydrogen-bond acceptors (Lipinski definition) is 6. The molecule has 0 aliphatic carbocycles. The zero-order valence-corrected chi connectivity index (χ0v) is 18.6. The van der Waals surface area contributed by atoms with Crippen LogP contribution in [0.4, 0.5) is 5.95 Å². The van der Waals surface area contributed by atoms with Gasteiger partial charge in [-0.05, 0) is 31.9 Å². The van der Waals surface area contributed by atoms with E-state index in [2.05, 4.69) is 44.0 Å². The SMILES string of the molecule is COc1cc2[nH]c(N(C)C3CCCN(Cc4ccccc4)C3)nc(=O)c2c(C)c1OC. The van der Waals surface area contributed by atoms with Gasteiger partial charge in [-0.25, -0.2) is 0 Å². The maximum atomic E-state index is 12.9. The van der Waals surface area contributed by atoms with Crippen LogP contribution in [0, 0.1) is 6.92 Å². The number of aromatic amines is 1. The van der Waals surface area contributed by atoms with E-state index in [1.54, 1.807) is 14.2 Å². The third kappa shape index (κ3) is 4.23. The molecule has 4 rings (SSSR count). The fraction of sp³-hybridized carbons (Fsp3) is 0.417. The summed E-state index contributed by atoms with van der Waals surface area (Å²) in [6.45, 7) is 4.80. The maximum Gasteiger partial charge on any atom is 0.282 e. The Balaban J connectivity index is 1.61. The van der Waals surface area contributed by atoms with E-state index in [0.29, 0.717) is 28.4 Å². The molecule has 7 nitrogen and oxygen atoms in total. The van der Waals surface area contributed by atoms with Crippen LogP contribution in [0.5, 0.6) is 11.5 Å². The molecular weight excluding hydrogens is 392 g/mol. The number of methoxy groups -OCH3 is 2. The van der Waals surface area contributed by atoms with Gasteiger partial charge in [0.25, 0.3) is 5.56 Å². The van der Waals surface area contributed by atoms with Crippen molar-refractivity contribution >= 4 is 16.9 Å². The molecule has 164 valence electrons. The summed E-state index contributed by atoms with van der Waals surface area (Å²) in [6, 6.07) is 12.6. The van der Waals surface area contributed by atoms with Crippen LogP contribution < -0.4 is 19.9 Å². The molecule has 1 N–H and O–H groups in total. The predicted molar refractivity (Wildman–Crippen MR) is 123 cm³/mol. The molecule has 0 saturated carbocycles. The normalized spacial score (nSPS) is 17.0. The quantitative estimate of drug-likeness (QED) is 0.657. The molecule has 0 amide bonds. The molecule has 2 heterocycles. The second kappa shape index (κ2) is 8.98. The van der Waals surface area contributed by atoms with Crippen LogP contribution in [-0.4, -0.2) is 55.3 Å². The topological polar surface area (TPSA) is 70.7 Å². The van der Waals surface area contributed by atoms with Gasteiger partial charge < -0.3 is 19.4 Å². The van der Waals surface area contributed by atoms with Crippen molar-refractivity contribution in [3.63, 3.8) is 0 Å². The van der Waals surface area contributed by atoms with Crippen LogP contribution >= 0.6 is 0 Å². The van der Waals surface area contributed by atoms with E-state index < -0.39 is 0 Å².